The van der Waals surface area contributed by atoms with Crippen molar-refractivity contribution in [1.82, 2.24) is 9.38 Å². The Balaban J connectivity index is 2.11. The predicted molar refractivity (Wildman–Crippen MR) is 63.1 cm³/mol. The van der Waals surface area contributed by atoms with E-state index in [1.54, 1.807) is 6.07 Å². The van der Waals surface area contributed by atoms with Crippen LogP contribution in [0.5, 0.6) is 0 Å². The van der Waals surface area contributed by atoms with Gasteiger partial charge >= 0.3 is 5.97 Å². The molecule has 4 heteroatoms. The number of aromatic nitrogens is 2. The highest BCUT2D eigenvalue weighted by Gasteiger charge is 2.23. The van der Waals surface area contributed by atoms with Crippen LogP contribution in [0.3, 0.4) is 0 Å². The van der Waals surface area contributed by atoms with Crippen molar-refractivity contribution < 1.29 is 9.53 Å². The van der Waals surface area contributed by atoms with Gasteiger partial charge in [0.05, 0.1) is 12.8 Å². The third-order valence-electron chi connectivity index (χ3n) is 3.43. The Bertz CT molecular complexity index is 570. The summed E-state index contributed by atoms with van der Waals surface area (Å²) < 4.78 is 6.59. The average molecular weight is 230 g/mol. The van der Waals surface area contributed by atoms with Crippen molar-refractivity contribution in [3.05, 3.63) is 35.8 Å². The molecule has 17 heavy (non-hydrogen) atoms. The topological polar surface area (TPSA) is 43.6 Å². The highest BCUT2D eigenvalue weighted by Crippen LogP contribution is 2.35. The van der Waals surface area contributed by atoms with Crippen molar-refractivity contribution in [3.8, 4) is 0 Å². The van der Waals surface area contributed by atoms with Crippen molar-refractivity contribution in [3.63, 3.8) is 0 Å². The van der Waals surface area contributed by atoms with Gasteiger partial charge in [-0.05, 0) is 25.0 Å². The van der Waals surface area contributed by atoms with Gasteiger partial charge in [-0.25, -0.2) is 9.78 Å². The van der Waals surface area contributed by atoms with Gasteiger partial charge < -0.3 is 4.74 Å². The van der Waals surface area contributed by atoms with E-state index in [0.717, 1.165) is 11.3 Å². The maximum absolute atomic E-state index is 11.6. The highest BCUT2D eigenvalue weighted by molar-refractivity contribution is 5.88. The third kappa shape index (κ3) is 1.60. The molecule has 1 saturated carbocycles. The molecule has 2 aromatic heterocycles. The summed E-state index contributed by atoms with van der Waals surface area (Å²) in [6.07, 6.45) is 5.66. The number of ether oxygens (including phenoxy) is 1. The molecule has 4 nitrogen and oxygen atoms in total. The first-order chi connectivity index (χ1) is 8.29. The summed E-state index contributed by atoms with van der Waals surface area (Å²) in [5.74, 6) is 0.244. The monoisotopic (exact) mass is 230 g/mol. The summed E-state index contributed by atoms with van der Waals surface area (Å²) in [4.78, 5) is 16.2. The lowest BCUT2D eigenvalue weighted by Crippen LogP contribution is -2.09. The van der Waals surface area contributed by atoms with E-state index in [9.17, 15) is 4.79 Å². The van der Waals surface area contributed by atoms with E-state index >= 15 is 0 Å². The second-order valence-corrected chi connectivity index (χ2v) is 4.42. The second-order valence-electron chi connectivity index (χ2n) is 4.42. The molecule has 0 saturated heterocycles. The van der Waals surface area contributed by atoms with Crippen LogP contribution in [0.4, 0.5) is 0 Å². The van der Waals surface area contributed by atoms with Crippen LogP contribution in [0, 0.1) is 0 Å². The Hall–Kier alpha value is -1.84. The molecule has 0 aromatic carbocycles. The lowest BCUT2D eigenvalue weighted by atomic mass is 9.83. The molecule has 0 radical (unpaired) electrons. The van der Waals surface area contributed by atoms with Crippen LogP contribution >= 0.6 is 0 Å². The number of hydrogen-bond acceptors (Lipinski definition) is 3. The first-order valence-electron chi connectivity index (χ1n) is 5.86. The van der Waals surface area contributed by atoms with E-state index in [2.05, 4.69) is 4.98 Å². The molecule has 0 spiro atoms. The molecule has 1 aliphatic rings. The van der Waals surface area contributed by atoms with Crippen molar-refractivity contribution in [1.29, 1.82) is 0 Å². The Morgan fingerprint density at radius 1 is 1.47 bits per heavy atom. The van der Waals surface area contributed by atoms with Gasteiger partial charge in [-0.1, -0.05) is 12.5 Å². The molecule has 1 fully saturated rings. The summed E-state index contributed by atoms with van der Waals surface area (Å²) in [5.41, 5.74) is 2.44. The fourth-order valence-electron chi connectivity index (χ4n) is 2.20. The van der Waals surface area contributed by atoms with Crippen LogP contribution < -0.4 is 0 Å². The Labute approximate surface area is 99.2 Å². The van der Waals surface area contributed by atoms with Gasteiger partial charge in [0.15, 0.2) is 0 Å². The predicted octanol–water partition coefficient (Wildman–Crippen LogP) is 2.39. The SMILES string of the molecule is COC(=O)c1cccc2nc(C3CCC3)cn12. The van der Waals surface area contributed by atoms with Crippen LogP contribution in [0.2, 0.25) is 0 Å². The van der Waals surface area contributed by atoms with Crippen molar-refractivity contribution in [2.75, 3.05) is 7.11 Å². The molecule has 0 unspecified atom stereocenters. The van der Waals surface area contributed by atoms with E-state index < -0.39 is 0 Å². The Morgan fingerprint density at radius 3 is 2.94 bits per heavy atom. The van der Waals surface area contributed by atoms with Gasteiger partial charge in [-0.15, -0.1) is 0 Å². The van der Waals surface area contributed by atoms with E-state index in [1.807, 2.05) is 22.7 Å². The maximum atomic E-state index is 11.6. The summed E-state index contributed by atoms with van der Waals surface area (Å²) in [5, 5.41) is 0. The molecule has 0 aliphatic heterocycles. The number of carbonyl (C=O) groups excluding carboxylic acids is 1. The molecular formula is C13H14N2O2. The number of esters is 1. The molecule has 88 valence electrons. The maximum Gasteiger partial charge on any atom is 0.355 e. The number of hydrogen-bond donors (Lipinski definition) is 0. The summed E-state index contributed by atoms with van der Waals surface area (Å²) in [6, 6.07) is 5.50. The largest absolute Gasteiger partial charge is 0.464 e. The van der Waals surface area contributed by atoms with Gasteiger partial charge in [-0.2, -0.15) is 0 Å². The molecule has 3 rings (SSSR count). The van der Waals surface area contributed by atoms with Crippen LogP contribution in [0.1, 0.15) is 41.4 Å². The minimum Gasteiger partial charge on any atom is -0.464 e. The first-order valence-corrected chi connectivity index (χ1v) is 5.86. The van der Waals surface area contributed by atoms with Crippen molar-refractivity contribution in [2.24, 2.45) is 0 Å². The summed E-state index contributed by atoms with van der Waals surface area (Å²) in [6.45, 7) is 0. The zero-order valence-corrected chi connectivity index (χ0v) is 9.72. The number of imidazole rings is 1. The van der Waals surface area contributed by atoms with E-state index in [0.29, 0.717) is 11.6 Å². The van der Waals surface area contributed by atoms with E-state index in [4.69, 9.17) is 4.74 Å². The van der Waals surface area contributed by atoms with Gasteiger partial charge in [-0.3, -0.25) is 4.40 Å². The molecular weight excluding hydrogens is 216 g/mol. The lowest BCUT2D eigenvalue weighted by molar-refractivity contribution is 0.0592. The average Bonchev–Trinajstić information content (AvgIpc) is 2.68. The zero-order valence-electron chi connectivity index (χ0n) is 9.72. The molecule has 0 N–H and O–H groups in total. The fourth-order valence-corrected chi connectivity index (χ4v) is 2.20. The highest BCUT2D eigenvalue weighted by atomic mass is 16.5. The minimum atomic E-state index is -0.326. The number of carbonyl (C=O) groups is 1. The number of pyridine rings is 1. The van der Waals surface area contributed by atoms with Gasteiger partial charge in [0.2, 0.25) is 0 Å². The molecule has 2 aromatic rings. The standard InChI is InChI=1S/C13H14N2O2/c1-17-13(16)11-6-3-7-12-14-10(8-15(11)12)9-4-2-5-9/h3,6-9H,2,4-5H2,1H3. The van der Waals surface area contributed by atoms with Crippen molar-refractivity contribution in [2.45, 2.75) is 25.2 Å². The smallest absolute Gasteiger partial charge is 0.355 e. The molecule has 1 aliphatic carbocycles. The van der Waals surface area contributed by atoms with Crippen LogP contribution in [0.25, 0.3) is 5.65 Å². The Morgan fingerprint density at radius 2 is 2.29 bits per heavy atom. The number of fused-ring (bicyclic) bond motifs is 1. The minimum absolute atomic E-state index is 0.326. The molecule has 0 atom stereocenters. The van der Waals surface area contributed by atoms with Crippen LogP contribution in [-0.4, -0.2) is 22.5 Å². The number of rotatable bonds is 2. The lowest BCUT2D eigenvalue weighted by Gasteiger charge is -2.22. The second kappa shape index (κ2) is 3.87. The first kappa shape index (κ1) is 10.3. The van der Waals surface area contributed by atoms with Gasteiger partial charge in [0.1, 0.15) is 11.3 Å². The number of nitrogens with zero attached hydrogens (tertiary/aromatic N) is 2. The van der Waals surface area contributed by atoms with Crippen LogP contribution in [-0.2, 0) is 4.74 Å². The van der Waals surface area contributed by atoms with Gasteiger partial charge in [0.25, 0.3) is 0 Å². The molecule has 2 heterocycles. The normalized spacial score (nSPS) is 15.8. The van der Waals surface area contributed by atoms with Crippen molar-refractivity contribution >= 4 is 11.6 Å². The van der Waals surface area contributed by atoms with E-state index in [1.165, 1.54) is 26.4 Å². The Kier molecular flexibility index (Phi) is 2.35. The quantitative estimate of drug-likeness (QED) is 0.744. The van der Waals surface area contributed by atoms with Crippen LogP contribution in [0.15, 0.2) is 24.4 Å². The van der Waals surface area contributed by atoms with Gasteiger partial charge in [0, 0.05) is 12.1 Å². The summed E-state index contributed by atoms with van der Waals surface area (Å²) in [7, 11) is 1.39. The zero-order chi connectivity index (χ0) is 11.8. The van der Waals surface area contributed by atoms with E-state index in [-0.39, 0.29) is 5.97 Å². The molecule has 0 amide bonds. The number of methoxy groups -OCH3 is 1. The molecule has 0 bridgehead atoms. The fraction of sp³-hybridized carbons (Fsp3) is 0.385. The third-order valence-corrected chi connectivity index (χ3v) is 3.43. The summed E-state index contributed by atoms with van der Waals surface area (Å²) >= 11 is 0.